The first kappa shape index (κ1) is 20.0. The van der Waals surface area contributed by atoms with Crippen LogP contribution in [0.5, 0.6) is 5.75 Å². The molecule has 5 heteroatoms. The standard InChI is InChI=1S/C15H19NO4.C4H10/c1-10(2)20-13-8-11(7-12(9-13)15(18)19)14(17)16-5-3-4-6-16;1-3-4-2/h7-10H,3-6H2,1-2H3,(H,18,19);3-4H2,1-2H3. The van der Waals surface area contributed by atoms with E-state index < -0.39 is 5.97 Å². The van der Waals surface area contributed by atoms with Gasteiger partial charge in [-0.3, -0.25) is 4.79 Å². The molecule has 1 saturated heterocycles. The van der Waals surface area contributed by atoms with Gasteiger partial charge in [0.05, 0.1) is 11.7 Å². The molecule has 5 nitrogen and oxygen atoms in total. The van der Waals surface area contributed by atoms with Crippen LogP contribution in [0.2, 0.25) is 0 Å². The van der Waals surface area contributed by atoms with Gasteiger partial charge in [0.15, 0.2) is 0 Å². The summed E-state index contributed by atoms with van der Waals surface area (Å²) in [6.45, 7) is 9.54. The highest BCUT2D eigenvalue weighted by Crippen LogP contribution is 2.21. The van der Waals surface area contributed by atoms with Crippen LogP contribution in [-0.4, -0.2) is 41.1 Å². The Kier molecular flexibility index (Phi) is 8.30. The van der Waals surface area contributed by atoms with Crippen LogP contribution in [0.4, 0.5) is 0 Å². The van der Waals surface area contributed by atoms with E-state index in [0.717, 1.165) is 25.9 Å². The molecule has 24 heavy (non-hydrogen) atoms. The molecule has 0 spiro atoms. The molecule has 0 atom stereocenters. The van der Waals surface area contributed by atoms with E-state index in [1.54, 1.807) is 11.0 Å². The maximum Gasteiger partial charge on any atom is 0.335 e. The zero-order valence-electron chi connectivity index (χ0n) is 15.2. The first-order valence-corrected chi connectivity index (χ1v) is 8.73. The fourth-order valence-corrected chi connectivity index (χ4v) is 2.29. The summed E-state index contributed by atoms with van der Waals surface area (Å²) in [5.74, 6) is -0.767. The van der Waals surface area contributed by atoms with Crippen molar-refractivity contribution in [3.8, 4) is 5.75 Å². The first-order valence-electron chi connectivity index (χ1n) is 8.73. The van der Waals surface area contributed by atoms with Crippen molar-refractivity contribution in [3.63, 3.8) is 0 Å². The summed E-state index contributed by atoms with van der Waals surface area (Å²) in [5, 5.41) is 9.13. The van der Waals surface area contributed by atoms with E-state index in [9.17, 15) is 9.59 Å². The molecule has 1 aliphatic rings. The molecule has 1 N–H and O–H groups in total. The lowest BCUT2D eigenvalue weighted by atomic mass is 10.1. The summed E-state index contributed by atoms with van der Waals surface area (Å²) in [6.07, 6.45) is 4.56. The predicted molar refractivity (Wildman–Crippen MR) is 94.9 cm³/mol. The van der Waals surface area contributed by atoms with Crippen molar-refractivity contribution in [1.29, 1.82) is 0 Å². The minimum atomic E-state index is -1.06. The summed E-state index contributed by atoms with van der Waals surface area (Å²) < 4.78 is 5.52. The van der Waals surface area contributed by atoms with E-state index in [0.29, 0.717) is 11.3 Å². The number of carbonyl (C=O) groups excluding carboxylic acids is 1. The normalized spacial score (nSPS) is 13.5. The lowest BCUT2D eigenvalue weighted by Gasteiger charge is -2.17. The zero-order chi connectivity index (χ0) is 18.1. The van der Waals surface area contributed by atoms with Gasteiger partial charge in [-0.1, -0.05) is 26.7 Å². The predicted octanol–water partition coefficient (Wildman–Crippen LogP) is 4.21. The van der Waals surface area contributed by atoms with Crippen molar-refractivity contribution in [2.45, 2.75) is 59.5 Å². The van der Waals surface area contributed by atoms with Crippen molar-refractivity contribution in [2.75, 3.05) is 13.1 Å². The fraction of sp³-hybridized carbons (Fsp3) is 0.579. The third-order valence-corrected chi connectivity index (χ3v) is 3.67. The number of likely N-dealkylation sites (tertiary alicyclic amines) is 1. The molecule has 1 aromatic carbocycles. The summed E-state index contributed by atoms with van der Waals surface area (Å²) in [6, 6.07) is 4.48. The fourth-order valence-electron chi connectivity index (χ4n) is 2.29. The third-order valence-electron chi connectivity index (χ3n) is 3.67. The highest BCUT2D eigenvalue weighted by atomic mass is 16.5. The number of unbranched alkanes of at least 4 members (excludes halogenated alkanes) is 1. The summed E-state index contributed by atoms with van der Waals surface area (Å²) >= 11 is 0. The summed E-state index contributed by atoms with van der Waals surface area (Å²) in [4.78, 5) is 25.2. The van der Waals surface area contributed by atoms with E-state index in [-0.39, 0.29) is 17.6 Å². The van der Waals surface area contributed by atoms with Gasteiger partial charge in [-0.15, -0.1) is 0 Å². The van der Waals surface area contributed by atoms with Crippen LogP contribution in [0.1, 0.15) is 74.1 Å². The van der Waals surface area contributed by atoms with E-state index in [4.69, 9.17) is 9.84 Å². The zero-order valence-corrected chi connectivity index (χ0v) is 15.2. The molecule has 1 aliphatic heterocycles. The third kappa shape index (κ3) is 6.22. The SMILES string of the molecule is CC(C)Oc1cc(C(=O)O)cc(C(=O)N2CCCC2)c1.CCCC. The van der Waals surface area contributed by atoms with Gasteiger partial charge < -0.3 is 14.7 Å². The van der Waals surface area contributed by atoms with Gasteiger partial charge in [-0.2, -0.15) is 0 Å². The molecular formula is C19H29NO4. The highest BCUT2D eigenvalue weighted by molar-refractivity contribution is 5.98. The van der Waals surface area contributed by atoms with E-state index in [2.05, 4.69) is 13.8 Å². The van der Waals surface area contributed by atoms with Crippen molar-refractivity contribution in [2.24, 2.45) is 0 Å². The van der Waals surface area contributed by atoms with Crippen LogP contribution >= 0.6 is 0 Å². The van der Waals surface area contributed by atoms with Crippen LogP contribution in [0.3, 0.4) is 0 Å². The Morgan fingerprint density at radius 1 is 1.08 bits per heavy atom. The number of benzene rings is 1. The molecule has 1 amide bonds. The van der Waals surface area contributed by atoms with Gasteiger partial charge in [0.25, 0.3) is 5.91 Å². The molecule has 134 valence electrons. The number of carboxylic acid groups (broad SMARTS) is 1. The van der Waals surface area contributed by atoms with Gasteiger partial charge in [0.2, 0.25) is 0 Å². The van der Waals surface area contributed by atoms with E-state index >= 15 is 0 Å². The maximum atomic E-state index is 12.3. The molecule has 1 fully saturated rings. The van der Waals surface area contributed by atoms with Gasteiger partial charge in [0.1, 0.15) is 5.75 Å². The van der Waals surface area contributed by atoms with Crippen molar-refractivity contribution in [3.05, 3.63) is 29.3 Å². The van der Waals surface area contributed by atoms with Crippen LogP contribution in [-0.2, 0) is 0 Å². The Labute approximate surface area is 144 Å². The number of ether oxygens (including phenoxy) is 1. The van der Waals surface area contributed by atoms with Crippen molar-refractivity contribution in [1.82, 2.24) is 4.90 Å². The van der Waals surface area contributed by atoms with Crippen LogP contribution in [0.25, 0.3) is 0 Å². The molecule has 0 radical (unpaired) electrons. The molecule has 1 aromatic rings. The highest BCUT2D eigenvalue weighted by Gasteiger charge is 2.21. The molecular weight excluding hydrogens is 306 g/mol. The molecule has 2 rings (SSSR count). The topological polar surface area (TPSA) is 66.8 Å². The maximum absolute atomic E-state index is 12.3. The molecule has 0 bridgehead atoms. The smallest absolute Gasteiger partial charge is 0.335 e. The van der Waals surface area contributed by atoms with Gasteiger partial charge in [0, 0.05) is 18.7 Å². The van der Waals surface area contributed by atoms with E-state index in [1.165, 1.54) is 25.0 Å². The average Bonchev–Trinajstić information content (AvgIpc) is 3.07. The lowest BCUT2D eigenvalue weighted by Crippen LogP contribution is -2.27. The minimum Gasteiger partial charge on any atom is -0.491 e. The molecule has 0 saturated carbocycles. The number of nitrogens with zero attached hydrogens (tertiary/aromatic N) is 1. The number of hydrogen-bond acceptors (Lipinski definition) is 3. The Balaban J connectivity index is 0.000000648. The second-order valence-electron chi connectivity index (χ2n) is 6.22. The summed E-state index contributed by atoms with van der Waals surface area (Å²) in [5.41, 5.74) is 0.452. The van der Waals surface area contributed by atoms with Crippen LogP contribution in [0.15, 0.2) is 18.2 Å². The largest absolute Gasteiger partial charge is 0.491 e. The van der Waals surface area contributed by atoms with Crippen molar-refractivity contribution >= 4 is 11.9 Å². The van der Waals surface area contributed by atoms with Gasteiger partial charge in [-0.25, -0.2) is 4.79 Å². The Hall–Kier alpha value is -2.04. The lowest BCUT2D eigenvalue weighted by molar-refractivity contribution is 0.0696. The van der Waals surface area contributed by atoms with E-state index in [1.807, 2.05) is 13.8 Å². The number of aromatic carboxylic acids is 1. The Morgan fingerprint density at radius 3 is 2.08 bits per heavy atom. The van der Waals surface area contributed by atoms with Gasteiger partial charge in [-0.05, 0) is 44.9 Å². The second kappa shape index (κ2) is 9.96. The molecule has 0 aliphatic carbocycles. The quantitative estimate of drug-likeness (QED) is 0.875. The summed E-state index contributed by atoms with van der Waals surface area (Å²) in [7, 11) is 0. The second-order valence-corrected chi connectivity index (χ2v) is 6.22. The Bertz CT molecular complexity index is 546. The number of hydrogen-bond donors (Lipinski definition) is 1. The molecule has 1 heterocycles. The number of rotatable bonds is 5. The monoisotopic (exact) mass is 335 g/mol. The minimum absolute atomic E-state index is 0.0747. The van der Waals surface area contributed by atoms with Crippen molar-refractivity contribution < 1.29 is 19.4 Å². The number of carboxylic acids is 1. The van der Waals surface area contributed by atoms with Gasteiger partial charge >= 0.3 is 5.97 Å². The molecule has 0 aromatic heterocycles. The molecule has 0 unspecified atom stereocenters. The van der Waals surface area contributed by atoms with Crippen LogP contribution in [0, 0.1) is 0 Å². The van der Waals surface area contributed by atoms with Crippen LogP contribution < -0.4 is 4.74 Å². The Morgan fingerprint density at radius 2 is 1.62 bits per heavy atom. The number of carbonyl (C=O) groups is 2. The first-order chi connectivity index (χ1) is 11.4. The average molecular weight is 335 g/mol. The number of amides is 1.